The molecule has 0 aromatic carbocycles. The number of hydrogen-bond acceptors (Lipinski definition) is 4. The van der Waals surface area contributed by atoms with E-state index in [2.05, 4.69) is 12.2 Å². The third kappa shape index (κ3) is 3.62. The van der Waals surface area contributed by atoms with Gasteiger partial charge in [-0.15, -0.1) is 11.3 Å². The lowest BCUT2D eigenvalue weighted by Gasteiger charge is -2.56. The van der Waals surface area contributed by atoms with Crippen LogP contribution in [0.3, 0.4) is 0 Å². The zero-order chi connectivity index (χ0) is 19.3. The summed E-state index contributed by atoms with van der Waals surface area (Å²) in [5.41, 5.74) is 1.61. The third-order valence-corrected chi connectivity index (χ3v) is 8.91. The molecule has 0 unspecified atom stereocenters. The van der Waals surface area contributed by atoms with E-state index in [0.717, 1.165) is 37.1 Å². The SMILES string of the molecule is C[C@H]1CCc2sc(C(=O)OCC(=O)NCC34CC5CC(CC(C5)C3)C4)cc2C1. The average Bonchev–Trinajstić information content (AvgIpc) is 3.06. The van der Waals surface area contributed by atoms with E-state index in [1.54, 1.807) is 11.3 Å². The predicted octanol–water partition coefficient (Wildman–Crippen LogP) is 4.36. The van der Waals surface area contributed by atoms with E-state index < -0.39 is 0 Å². The Labute approximate surface area is 171 Å². The fourth-order valence-corrected chi connectivity index (χ4v) is 7.95. The molecule has 1 aromatic heterocycles. The molecule has 5 aliphatic carbocycles. The molecule has 0 spiro atoms. The Kier molecular flexibility index (Phi) is 4.77. The van der Waals surface area contributed by atoms with Gasteiger partial charge in [-0.05, 0) is 98.5 Å². The molecule has 5 aliphatic rings. The minimum atomic E-state index is -0.350. The van der Waals surface area contributed by atoms with Gasteiger partial charge >= 0.3 is 5.97 Å². The van der Waals surface area contributed by atoms with Crippen LogP contribution in [0.1, 0.15) is 72.0 Å². The van der Waals surface area contributed by atoms with Crippen LogP contribution in [0.2, 0.25) is 0 Å². The second kappa shape index (κ2) is 7.16. The van der Waals surface area contributed by atoms with Crippen molar-refractivity contribution in [2.24, 2.45) is 29.1 Å². The number of hydrogen-bond donors (Lipinski definition) is 1. The van der Waals surface area contributed by atoms with Crippen molar-refractivity contribution < 1.29 is 14.3 Å². The molecule has 1 atom stereocenters. The maximum atomic E-state index is 12.4. The van der Waals surface area contributed by atoms with Crippen molar-refractivity contribution in [3.05, 3.63) is 21.4 Å². The summed E-state index contributed by atoms with van der Waals surface area (Å²) in [5.74, 6) is 2.83. The van der Waals surface area contributed by atoms with Crippen LogP contribution in [0.25, 0.3) is 0 Å². The first-order valence-corrected chi connectivity index (χ1v) is 11.8. The van der Waals surface area contributed by atoms with Crippen molar-refractivity contribution in [1.82, 2.24) is 5.32 Å². The van der Waals surface area contributed by atoms with Gasteiger partial charge in [0.15, 0.2) is 6.61 Å². The minimum absolute atomic E-state index is 0.154. The maximum absolute atomic E-state index is 12.4. The molecular weight excluding hydrogens is 370 g/mol. The summed E-state index contributed by atoms with van der Waals surface area (Å²) in [4.78, 5) is 26.7. The van der Waals surface area contributed by atoms with Crippen molar-refractivity contribution >= 4 is 23.2 Å². The van der Waals surface area contributed by atoms with Crippen molar-refractivity contribution in [3.8, 4) is 0 Å². The second-order valence-electron chi connectivity index (χ2n) is 10.2. The monoisotopic (exact) mass is 401 g/mol. The van der Waals surface area contributed by atoms with Crippen LogP contribution in [0, 0.1) is 29.1 Å². The van der Waals surface area contributed by atoms with Gasteiger partial charge in [-0.1, -0.05) is 6.92 Å². The summed E-state index contributed by atoms with van der Waals surface area (Å²) in [6, 6.07) is 1.98. The number of amides is 1. The molecule has 6 rings (SSSR count). The summed E-state index contributed by atoms with van der Waals surface area (Å²) < 4.78 is 5.33. The summed E-state index contributed by atoms with van der Waals surface area (Å²) >= 11 is 1.54. The number of esters is 1. The molecule has 0 saturated heterocycles. The van der Waals surface area contributed by atoms with E-state index in [4.69, 9.17) is 4.74 Å². The number of carbonyl (C=O) groups is 2. The van der Waals surface area contributed by atoms with E-state index in [1.807, 2.05) is 6.07 Å². The molecule has 4 saturated carbocycles. The molecule has 4 fully saturated rings. The molecular formula is C23H31NO3S. The number of fused-ring (bicyclic) bond motifs is 1. The van der Waals surface area contributed by atoms with Gasteiger partial charge in [0.05, 0.1) is 0 Å². The van der Waals surface area contributed by atoms with Gasteiger partial charge in [0.2, 0.25) is 0 Å². The van der Waals surface area contributed by atoms with Gasteiger partial charge in [0.1, 0.15) is 4.88 Å². The number of ether oxygens (including phenoxy) is 1. The van der Waals surface area contributed by atoms with Gasteiger partial charge in [-0.2, -0.15) is 0 Å². The quantitative estimate of drug-likeness (QED) is 0.746. The number of carbonyl (C=O) groups excluding carboxylic acids is 2. The standard InChI is InChI=1S/C23H31NO3S/c1-14-2-3-19-18(4-14)8-20(28-19)22(26)27-12-21(25)24-13-23-9-15-5-16(10-23)7-17(6-15)11-23/h8,14-17H,2-7,9-13H2,1H3,(H,24,25)/t14-,15?,16?,17?,23?/m0/s1. The highest BCUT2D eigenvalue weighted by molar-refractivity contribution is 7.14. The van der Waals surface area contributed by atoms with Gasteiger partial charge in [-0.25, -0.2) is 4.79 Å². The summed E-state index contributed by atoms with van der Waals surface area (Å²) in [7, 11) is 0. The van der Waals surface area contributed by atoms with E-state index in [-0.39, 0.29) is 18.5 Å². The minimum Gasteiger partial charge on any atom is -0.451 e. The summed E-state index contributed by atoms with van der Waals surface area (Å²) in [6.07, 6.45) is 11.4. The van der Waals surface area contributed by atoms with Crippen molar-refractivity contribution in [2.45, 2.75) is 64.7 Å². The lowest BCUT2D eigenvalue weighted by Crippen LogP contribution is -2.51. The fourth-order valence-electron chi connectivity index (χ4n) is 6.85. The van der Waals surface area contributed by atoms with E-state index in [0.29, 0.717) is 16.2 Å². The summed E-state index contributed by atoms with van der Waals surface area (Å²) in [6.45, 7) is 2.86. The van der Waals surface area contributed by atoms with Crippen LogP contribution in [0.4, 0.5) is 0 Å². The highest BCUT2D eigenvalue weighted by atomic mass is 32.1. The average molecular weight is 402 g/mol. The molecule has 152 valence electrons. The van der Waals surface area contributed by atoms with Gasteiger partial charge in [0, 0.05) is 11.4 Å². The Morgan fingerprint density at radius 2 is 1.86 bits per heavy atom. The van der Waals surface area contributed by atoms with Crippen LogP contribution < -0.4 is 5.32 Å². The second-order valence-corrected chi connectivity index (χ2v) is 11.3. The highest BCUT2D eigenvalue weighted by Gasteiger charge is 2.50. The molecule has 1 N–H and O–H groups in total. The smallest absolute Gasteiger partial charge is 0.348 e. The number of aryl methyl sites for hydroxylation is 1. The Bertz CT molecular complexity index is 748. The zero-order valence-corrected chi connectivity index (χ0v) is 17.6. The molecule has 4 nitrogen and oxygen atoms in total. The van der Waals surface area contributed by atoms with Gasteiger partial charge in [-0.3, -0.25) is 4.79 Å². The Balaban J connectivity index is 1.12. The summed E-state index contributed by atoms with van der Waals surface area (Å²) in [5, 5.41) is 3.09. The first kappa shape index (κ1) is 18.7. The maximum Gasteiger partial charge on any atom is 0.348 e. The number of rotatable bonds is 5. The first-order valence-electron chi connectivity index (χ1n) is 11.0. The lowest BCUT2D eigenvalue weighted by molar-refractivity contribution is -0.126. The molecule has 5 heteroatoms. The molecule has 1 heterocycles. The molecule has 1 amide bonds. The molecule has 0 radical (unpaired) electrons. The largest absolute Gasteiger partial charge is 0.451 e. The van der Waals surface area contributed by atoms with E-state index in [1.165, 1.54) is 55.4 Å². The number of nitrogens with one attached hydrogen (secondary N) is 1. The first-order chi connectivity index (χ1) is 13.5. The fraction of sp³-hybridized carbons (Fsp3) is 0.739. The van der Waals surface area contributed by atoms with E-state index >= 15 is 0 Å². The molecule has 1 aromatic rings. The molecule has 0 aliphatic heterocycles. The van der Waals surface area contributed by atoms with E-state index in [9.17, 15) is 9.59 Å². The molecule has 4 bridgehead atoms. The Morgan fingerprint density at radius 1 is 1.18 bits per heavy atom. The van der Waals surface area contributed by atoms with Crippen LogP contribution in [0.15, 0.2) is 6.07 Å². The van der Waals surface area contributed by atoms with Crippen molar-refractivity contribution in [3.63, 3.8) is 0 Å². The van der Waals surface area contributed by atoms with Crippen molar-refractivity contribution in [2.75, 3.05) is 13.2 Å². The predicted molar refractivity (Wildman–Crippen MR) is 109 cm³/mol. The van der Waals surface area contributed by atoms with Crippen LogP contribution in [-0.4, -0.2) is 25.0 Å². The van der Waals surface area contributed by atoms with Crippen molar-refractivity contribution in [1.29, 1.82) is 0 Å². The topological polar surface area (TPSA) is 55.4 Å². The molecule has 28 heavy (non-hydrogen) atoms. The van der Waals surface area contributed by atoms with Crippen LogP contribution in [-0.2, 0) is 22.4 Å². The van der Waals surface area contributed by atoms with Crippen LogP contribution >= 0.6 is 11.3 Å². The normalized spacial score (nSPS) is 35.5. The van der Waals surface area contributed by atoms with Crippen LogP contribution in [0.5, 0.6) is 0 Å². The van der Waals surface area contributed by atoms with Gasteiger partial charge < -0.3 is 10.1 Å². The zero-order valence-electron chi connectivity index (χ0n) is 16.8. The Morgan fingerprint density at radius 3 is 2.54 bits per heavy atom. The Hall–Kier alpha value is -1.36. The number of thiophene rings is 1. The highest BCUT2D eigenvalue weighted by Crippen LogP contribution is 2.59. The lowest BCUT2D eigenvalue weighted by atomic mass is 9.49. The third-order valence-electron chi connectivity index (χ3n) is 7.69. The van der Waals surface area contributed by atoms with Gasteiger partial charge in [0.25, 0.3) is 5.91 Å².